The van der Waals surface area contributed by atoms with Gasteiger partial charge in [-0.3, -0.25) is 0 Å². The highest BCUT2D eigenvalue weighted by molar-refractivity contribution is 7.12. The van der Waals surface area contributed by atoms with E-state index in [9.17, 15) is 4.79 Å². The van der Waals surface area contributed by atoms with Crippen LogP contribution in [0.4, 0.5) is 0 Å². The number of thiophene rings is 1. The number of esters is 1. The minimum absolute atomic E-state index is 0.168. The van der Waals surface area contributed by atoms with Crippen LogP contribution in [0.1, 0.15) is 11.8 Å². The van der Waals surface area contributed by atoms with Gasteiger partial charge in [-0.05, 0) is 18.4 Å². The highest BCUT2D eigenvalue weighted by atomic mass is 32.1. The van der Waals surface area contributed by atoms with E-state index in [-0.39, 0.29) is 12.5 Å². The third-order valence-electron chi connectivity index (χ3n) is 2.02. The molecular weight excluding hydrogens is 242 g/mol. The zero-order chi connectivity index (χ0) is 12.3. The average Bonchev–Trinajstić information content (AvgIpc) is 2.99. The molecule has 1 aromatic rings. The second-order valence-electron chi connectivity index (χ2n) is 3.12. The van der Waals surface area contributed by atoms with Crippen LogP contribution in [0.2, 0.25) is 0 Å². The van der Waals surface area contributed by atoms with Crippen molar-refractivity contribution in [3.63, 3.8) is 0 Å². The summed E-state index contributed by atoms with van der Waals surface area (Å²) in [4.78, 5) is 12.3. The average molecular weight is 251 g/mol. The van der Waals surface area contributed by atoms with Gasteiger partial charge in [-0.1, -0.05) is 6.07 Å². The van der Waals surface area contributed by atoms with Crippen LogP contribution in [0.25, 0.3) is 0 Å². The fourth-order valence-electron chi connectivity index (χ4n) is 1.24. The first kappa shape index (κ1) is 11.4. The summed E-state index contributed by atoms with van der Waals surface area (Å²) < 4.78 is 10.0. The van der Waals surface area contributed by atoms with Gasteiger partial charge in [0.1, 0.15) is 6.07 Å². The van der Waals surface area contributed by atoms with Gasteiger partial charge in [-0.15, -0.1) is 16.4 Å². The van der Waals surface area contributed by atoms with Crippen molar-refractivity contribution in [3.8, 4) is 6.07 Å². The third kappa shape index (κ3) is 1.94. The molecule has 1 aromatic heterocycles. The molecule has 0 saturated heterocycles. The molecule has 0 aliphatic carbocycles. The van der Waals surface area contributed by atoms with Crippen LogP contribution < -0.4 is 5.43 Å². The van der Waals surface area contributed by atoms with Crippen molar-refractivity contribution in [2.75, 3.05) is 6.61 Å². The molecule has 0 bridgehead atoms. The first-order valence-corrected chi connectivity index (χ1v) is 5.76. The van der Waals surface area contributed by atoms with E-state index < -0.39 is 11.7 Å². The Balaban J connectivity index is 2.17. The van der Waals surface area contributed by atoms with E-state index in [2.05, 4.69) is 10.5 Å². The second-order valence-corrected chi connectivity index (χ2v) is 4.07. The van der Waals surface area contributed by atoms with E-state index in [1.807, 2.05) is 11.4 Å². The van der Waals surface area contributed by atoms with Gasteiger partial charge in [0.2, 0.25) is 0 Å². The Hall–Kier alpha value is -2.07. The molecule has 1 aliphatic rings. The van der Waals surface area contributed by atoms with E-state index in [1.165, 1.54) is 11.3 Å². The van der Waals surface area contributed by atoms with Crippen molar-refractivity contribution in [1.82, 2.24) is 5.43 Å². The van der Waals surface area contributed by atoms with Gasteiger partial charge in [-0.2, -0.15) is 5.26 Å². The molecule has 1 atom stereocenters. The maximum Gasteiger partial charge on any atom is 0.390 e. The van der Waals surface area contributed by atoms with Crippen molar-refractivity contribution in [2.45, 2.75) is 12.6 Å². The van der Waals surface area contributed by atoms with Crippen LogP contribution in [-0.4, -0.2) is 24.2 Å². The highest BCUT2D eigenvalue weighted by Gasteiger charge is 2.48. The topological polar surface area (TPSA) is 83.7 Å². The number of nitrogens with zero attached hydrogens (tertiary/aromatic N) is 2. The van der Waals surface area contributed by atoms with Crippen molar-refractivity contribution >= 4 is 23.2 Å². The van der Waals surface area contributed by atoms with E-state index in [0.29, 0.717) is 0 Å². The summed E-state index contributed by atoms with van der Waals surface area (Å²) in [6.45, 7) is 1.82. The second kappa shape index (κ2) is 4.43. The standard InChI is InChI=1S/C10H9N3O3S/c1-2-15-9(14)10(6-11)13-12-8(16-10)7-4-3-5-17-7/h3-5,13H,2H2,1H3. The summed E-state index contributed by atoms with van der Waals surface area (Å²) in [7, 11) is 0. The normalized spacial score (nSPS) is 22.0. The van der Waals surface area contributed by atoms with E-state index >= 15 is 0 Å². The van der Waals surface area contributed by atoms with Gasteiger partial charge in [0.05, 0.1) is 11.5 Å². The van der Waals surface area contributed by atoms with Crippen molar-refractivity contribution in [2.24, 2.45) is 5.10 Å². The van der Waals surface area contributed by atoms with Gasteiger partial charge >= 0.3 is 11.7 Å². The van der Waals surface area contributed by atoms with Crippen LogP contribution in [0.3, 0.4) is 0 Å². The molecule has 7 heteroatoms. The van der Waals surface area contributed by atoms with Crippen molar-refractivity contribution < 1.29 is 14.3 Å². The van der Waals surface area contributed by atoms with Gasteiger partial charge in [0.25, 0.3) is 5.90 Å². The third-order valence-corrected chi connectivity index (χ3v) is 2.87. The molecular formula is C10H9N3O3S. The molecule has 0 fully saturated rings. The number of nitriles is 1. The fourth-order valence-corrected chi connectivity index (χ4v) is 1.89. The molecule has 1 aliphatic heterocycles. The van der Waals surface area contributed by atoms with Crippen LogP contribution in [0.5, 0.6) is 0 Å². The Morgan fingerprint density at radius 2 is 2.65 bits per heavy atom. The van der Waals surface area contributed by atoms with Crippen LogP contribution in [0, 0.1) is 11.3 Å². The molecule has 1 N–H and O–H groups in total. The fraction of sp³-hybridized carbons (Fsp3) is 0.300. The maximum atomic E-state index is 11.6. The summed E-state index contributed by atoms with van der Waals surface area (Å²) in [6, 6.07) is 5.34. The molecule has 0 aromatic carbocycles. The Morgan fingerprint density at radius 1 is 1.82 bits per heavy atom. The summed E-state index contributed by atoms with van der Waals surface area (Å²) in [5.41, 5.74) is 0.514. The predicted molar refractivity (Wildman–Crippen MR) is 60.1 cm³/mol. The first-order valence-electron chi connectivity index (χ1n) is 4.88. The molecule has 17 heavy (non-hydrogen) atoms. The predicted octanol–water partition coefficient (Wildman–Crippen LogP) is 0.812. The minimum atomic E-state index is -1.87. The Morgan fingerprint density at radius 3 is 3.24 bits per heavy atom. The quantitative estimate of drug-likeness (QED) is 0.804. The lowest BCUT2D eigenvalue weighted by molar-refractivity contribution is -0.158. The largest absolute Gasteiger partial charge is 0.461 e. The number of carbonyl (C=O) groups is 1. The van der Waals surface area contributed by atoms with Gasteiger partial charge in [0, 0.05) is 0 Å². The Labute approximate surface area is 101 Å². The summed E-state index contributed by atoms with van der Waals surface area (Å²) in [5, 5.41) is 14.7. The van der Waals surface area contributed by atoms with Gasteiger partial charge in [-0.25, -0.2) is 10.2 Å². The van der Waals surface area contributed by atoms with E-state index in [0.717, 1.165) is 4.88 Å². The molecule has 0 spiro atoms. The van der Waals surface area contributed by atoms with Crippen LogP contribution in [0.15, 0.2) is 22.6 Å². The summed E-state index contributed by atoms with van der Waals surface area (Å²) in [6.07, 6.45) is 0. The monoisotopic (exact) mass is 251 g/mol. The number of hydrazone groups is 1. The smallest absolute Gasteiger partial charge is 0.390 e. The van der Waals surface area contributed by atoms with Gasteiger partial charge in [0.15, 0.2) is 0 Å². The zero-order valence-electron chi connectivity index (χ0n) is 8.97. The van der Waals surface area contributed by atoms with E-state index in [4.69, 9.17) is 14.7 Å². The van der Waals surface area contributed by atoms with Crippen molar-refractivity contribution in [3.05, 3.63) is 22.4 Å². The molecule has 0 amide bonds. The lowest BCUT2D eigenvalue weighted by Crippen LogP contribution is -2.48. The van der Waals surface area contributed by atoms with E-state index in [1.54, 1.807) is 19.1 Å². The van der Waals surface area contributed by atoms with Crippen LogP contribution >= 0.6 is 11.3 Å². The molecule has 2 heterocycles. The number of ether oxygens (including phenoxy) is 2. The maximum absolute atomic E-state index is 11.6. The first-order chi connectivity index (χ1) is 8.22. The molecule has 0 radical (unpaired) electrons. The summed E-state index contributed by atoms with van der Waals surface area (Å²) in [5.74, 6) is -0.576. The Kier molecular flexibility index (Phi) is 2.97. The lowest BCUT2D eigenvalue weighted by atomic mass is 10.3. The number of rotatable bonds is 3. The summed E-state index contributed by atoms with van der Waals surface area (Å²) >= 11 is 1.40. The lowest BCUT2D eigenvalue weighted by Gasteiger charge is -2.17. The number of hydrogen-bond acceptors (Lipinski definition) is 7. The number of nitrogens with one attached hydrogen (secondary N) is 1. The number of hydrogen-bond donors (Lipinski definition) is 1. The molecule has 6 nitrogen and oxygen atoms in total. The minimum Gasteiger partial charge on any atom is -0.461 e. The molecule has 2 rings (SSSR count). The molecule has 1 unspecified atom stereocenters. The highest BCUT2D eigenvalue weighted by Crippen LogP contribution is 2.21. The zero-order valence-corrected chi connectivity index (χ0v) is 9.78. The molecule has 0 saturated carbocycles. The SMILES string of the molecule is CCOC(=O)C1(C#N)NN=C(c2cccs2)O1. The van der Waals surface area contributed by atoms with Crippen LogP contribution in [-0.2, 0) is 14.3 Å². The Bertz CT molecular complexity index is 491. The van der Waals surface area contributed by atoms with Crippen molar-refractivity contribution in [1.29, 1.82) is 5.26 Å². The number of carbonyl (C=O) groups excluding carboxylic acids is 1. The van der Waals surface area contributed by atoms with Gasteiger partial charge < -0.3 is 9.47 Å². The molecule has 88 valence electrons.